The van der Waals surface area contributed by atoms with E-state index in [0.717, 1.165) is 49.4 Å². The van der Waals surface area contributed by atoms with Crippen molar-refractivity contribution >= 4 is 29.1 Å². The zero-order chi connectivity index (χ0) is 19.9. The van der Waals surface area contributed by atoms with Gasteiger partial charge in [0.2, 0.25) is 5.91 Å². The highest BCUT2D eigenvalue weighted by molar-refractivity contribution is 6.31. The fourth-order valence-electron chi connectivity index (χ4n) is 3.58. The van der Waals surface area contributed by atoms with Gasteiger partial charge in [0.25, 0.3) is 0 Å². The summed E-state index contributed by atoms with van der Waals surface area (Å²) >= 11 is 12.0. The zero-order valence-corrected chi connectivity index (χ0v) is 17.3. The number of carbonyl (C=O) groups excluding carboxylic acids is 1. The number of benzene rings is 2. The summed E-state index contributed by atoms with van der Waals surface area (Å²) in [5.41, 5.74) is 1.76. The molecule has 0 unspecified atom stereocenters. The summed E-state index contributed by atoms with van der Waals surface area (Å²) in [6.07, 6.45) is 3.31. The Hall–Kier alpha value is -1.62. The number of rotatable bonds is 7. The summed E-state index contributed by atoms with van der Waals surface area (Å²) in [5.74, 6) is -0.117. The number of carbonyl (C=O) groups is 1. The monoisotopic (exact) mass is 422 g/mol. The maximum Gasteiger partial charge on any atom is 0.223 e. The molecule has 0 spiro atoms. The Bertz CT molecular complexity index is 807. The van der Waals surface area contributed by atoms with E-state index in [2.05, 4.69) is 10.2 Å². The van der Waals surface area contributed by atoms with E-state index >= 15 is 0 Å². The average Bonchev–Trinajstić information content (AvgIpc) is 2.69. The van der Waals surface area contributed by atoms with Crippen LogP contribution in [0.3, 0.4) is 0 Å². The Kier molecular flexibility index (Phi) is 7.72. The molecule has 1 aliphatic rings. The topological polar surface area (TPSA) is 32.3 Å². The molecule has 150 valence electrons. The minimum absolute atomic E-state index is 0.0339. The number of nitrogens with one attached hydrogen (secondary N) is 1. The van der Waals surface area contributed by atoms with Crippen molar-refractivity contribution < 1.29 is 9.18 Å². The molecular formula is C22H25Cl2FN2O. The van der Waals surface area contributed by atoms with Crippen LogP contribution >= 0.6 is 23.2 Å². The molecule has 28 heavy (non-hydrogen) atoms. The molecule has 2 aromatic carbocycles. The number of amides is 1. The molecule has 6 heteroatoms. The van der Waals surface area contributed by atoms with Gasteiger partial charge in [0, 0.05) is 34.6 Å². The maximum absolute atomic E-state index is 13.9. The number of nitrogens with zero attached hydrogens (tertiary/aromatic N) is 1. The molecular weight excluding hydrogens is 398 g/mol. The Morgan fingerprint density at radius 3 is 2.57 bits per heavy atom. The van der Waals surface area contributed by atoms with Gasteiger partial charge in [-0.3, -0.25) is 9.69 Å². The van der Waals surface area contributed by atoms with E-state index in [1.54, 1.807) is 12.1 Å². The molecule has 3 nitrogen and oxygen atoms in total. The van der Waals surface area contributed by atoms with Gasteiger partial charge < -0.3 is 5.32 Å². The number of piperidine rings is 1. The van der Waals surface area contributed by atoms with E-state index in [-0.39, 0.29) is 17.6 Å². The summed E-state index contributed by atoms with van der Waals surface area (Å²) in [4.78, 5) is 14.6. The normalized spacial score (nSPS) is 15.5. The minimum Gasteiger partial charge on any atom is -0.356 e. The molecule has 0 atom stereocenters. The van der Waals surface area contributed by atoms with Crippen LogP contribution in [0.2, 0.25) is 10.0 Å². The van der Waals surface area contributed by atoms with Crippen molar-refractivity contribution in [3.8, 4) is 0 Å². The lowest BCUT2D eigenvalue weighted by molar-refractivity contribution is -0.126. The highest BCUT2D eigenvalue weighted by Crippen LogP contribution is 2.22. The average molecular weight is 423 g/mol. The van der Waals surface area contributed by atoms with E-state index in [4.69, 9.17) is 23.2 Å². The molecule has 0 aliphatic carbocycles. The Morgan fingerprint density at radius 2 is 1.86 bits per heavy atom. The third-order valence-electron chi connectivity index (χ3n) is 5.25. The standard InChI is InChI=1S/C22H25Cl2FN2O/c23-19-8-7-18(21(25)14-19)15-27-12-9-17(10-13-27)22(28)26-11-3-5-16-4-1-2-6-20(16)24/h1-2,4,6-8,14,17H,3,5,9-13,15H2,(H,26,28). The summed E-state index contributed by atoms with van der Waals surface area (Å²) in [5, 5.41) is 4.23. The Labute approximate surface area is 175 Å². The maximum atomic E-state index is 13.9. The second-order valence-corrected chi connectivity index (χ2v) is 8.12. The van der Waals surface area contributed by atoms with Crippen molar-refractivity contribution in [3.63, 3.8) is 0 Å². The van der Waals surface area contributed by atoms with Crippen LogP contribution in [0.4, 0.5) is 4.39 Å². The smallest absolute Gasteiger partial charge is 0.223 e. The lowest BCUT2D eigenvalue weighted by Crippen LogP contribution is -2.40. The van der Waals surface area contributed by atoms with E-state index in [9.17, 15) is 9.18 Å². The van der Waals surface area contributed by atoms with Gasteiger partial charge in [-0.1, -0.05) is 47.5 Å². The molecule has 0 saturated carbocycles. The van der Waals surface area contributed by atoms with Crippen molar-refractivity contribution in [3.05, 3.63) is 69.5 Å². The van der Waals surface area contributed by atoms with Crippen molar-refractivity contribution in [1.82, 2.24) is 10.2 Å². The predicted octanol–water partition coefficient (Wildman–Crippen LogP) is 5.09. The predicted molar refractivity (Wildman–Crippen MR) is 112 cm³/mol. The third-order valence-corrected chi connectivity index (χ3v) is 5.85. The summed E-state index contributed by atoms with van der Waals surface area (Å²) in [6.45, 7) is 2.79. The van der Waals surface area contributed by atoms with E-state index < -0.39 is 0 Å². The largest absolute Gasteiger partial charge is 0.356 e. The lowest BCUT2D eigenvalue weighted by atomic mass is 9.95. The molecule has 1 saturated heterocycles. The number of hydrogen-bond donors (Lipinski definition) is 1. The zero-order valence-electron chi connectivity index (χ0n) is 15.8. The van der Waals surface area contributed by atoms with Gasteiger partial charge in [0.05, 0.1) is 0 Å². The quantitative estimate of drug-likeness (QED) is 0.629. The number of hydrogen-bond acceptors (Lipinski definition) is 2. The van der Waals surface area contributed by atoms with E-state index in [1.807, 2.05) is 24.3 Å². The molecule has 1 amide bonds. The molecule has 0 aromatic heterocycles. The number of halogens is 3. The fraction of sp³-hybridized carbons (Fsp3) is 0.409. The molecule has 0 radical (unpaired) electrons. The van der Waals surface area contributed by atoms with Gasteiger partial charge in [-0.05, 0) is 62.5 Å². The van der Waals surface area contributed by atoms with Gasteiger partial charge >= 0.3 is 0 Å². The minimum atomic E-state index is -0.272. The molecule has 1 aliphatic heterocycles. The summed E-state index contributed by atoms with van der Waals surface area (Å²) < 4.78 is 13.9. The van der Waals surface area contributed by atoms with Gasteiger partial charge in [-0.2, -0.15) is 0 Å². The van der Waals surface area contributed by atoms with Crippen LogP contribution in [-0.2, 0) is 17.8 Å². The molecule has 1 heterocycles. The van der Waals surface area contributed by atoms with Crippen LogP contribution in [0.25, 0.3) is 0 Å². The molecule has 1 N–H and O–H groups in total. The van der Waals surface area contributed by atoms with Gasteiger partial charge in [-0.25, -0.2) is 4.39 Å². The van der Waals surface area contributed by atoms with E-state index in [0.29, 0.717) is 23.7 Å². The first-order valence-corrected chi connectivity index (χ1v) is 10.5. The molecule has 2 aromatic rings. The molecule has 1 fully saturated rings. The summed E-state index contributed by atoms with van der Waals surface area (Å²) in [7, 11) is 0. The SMILES string of the molecule is O=C(NCCCc1ccccc1Cl)C1CCN(Cc2ccc(Cl)cc2F)CC1. The van der Waals surface area contributed by atoms with Crippen molar-refractivity contribution in [2.24, 2.45) is 5.92 Å². The number of likely N-dealkylation sites (tertiary alicyclic amines) is 1. The lowest BCUT2D eigenvalue weighted by Gasteiger charge is -2.31. The second-order valence-electron chi connectivity index (χ2n) is 7.27. The van der Waals surface area contributed by atoms with Crippen LogP contribution in [0, 0.1) is 11.7 Å². The fourth-order valence-corrected chi connectivity index (χ4v) is 3.97. The van der Waals surface area contributed by atoms with Crippen LogP contribution in [-0.4, -0.2) is 30.4 Å². The van der Waals surface area contributed by atoms with Crippen LogP contribution in [0.15, 0.2) is 42.5 Å². The first-order chi connectivity index (χ1) is 13.5. The molecule has 3 rings (SSSR count). The first-order valence-electron chi connectivity index (χ1n) is 9.70. The van der Waals surface area contributed by atoms with Gasteiger partial charge in [-0.15, -0.1) is 0 Å². The highest BCUT2D eigenvalue weighted by atomic mass is 35.5. The van der Waals surface area contributed by atoms with Crippen LogP contribution in [0.5, 0.6) is 0 Å². The third kappa shape index (κ3) is 5.94. The Balaban J connectivity index is 1.37. The second kappa shape index (κ2) is 10.2. The highest BCUT2D eigenvalue weighted by Gasteiger charge is 2.25. The van der Waals surface area contributed by atoms with Crippen molar-refractivity contribution in [2.75, 3.05) is 19.6 Å². The Morgan fingerprint density at radius 1 is 1.11 bits per heavy atom. The molecule has 0 bridgehead atoms. The van der Waals surface area contributed by atoms with Crippen LogP contribution < -0.4 is 5.32 Å². The van der Waals surface area contributed by atoms with Gasteiger partial charge in [0.15, 0.2) is 0 Å². The summed E-state index contributed by atoms with van der Waals surface area (Å²) in [6, 6.07) is 12.6. The number of aryl methyl sites for hydroxylation is 1. The van der Waals surface area contributed by atoms with Gasteiger partial charge in [0.1, 0.15) is 5.82 Å². The van der Waals surface area contributed by atoms with Crippen molar-refractivity contribution in [2.45, 2.75) is 32.2 Å². The van der Waals surface area contributed by atoms with Crippen molar-refractivity contribution in [1.29, 1.82) is 0 Å². The van der Waals surface area contributed by atoms with E-state index in [1.165, 1.54) is 6.07 Å². The first kappa shape index (κ1) is 21.1. The van der Waals surface area contributed by atoms with Crippen LogP contribution in [0.1, 0.15) is 30.4 Å².